The van der Waals surface area contributed by atoms with E-state index in [1.54, 1.807) is 7.11 Å². The second kappa shape index (κ2) is 7.41. The molecular formula is C16H23NO3. The van der Waals surface area contributed by atoms with Crippen molar-refractivity contribution in [3.8, 4) is 0 Å². The van der Waals surface area contributed by atoms with Crippen LogP contribution in [0.25, 0.3) is 0 Å². The van der Waals surface area contributed by atoms with Crippen LogP contribution < -0.4 is 0 Å². The summed E-state index contributed by atoms with van der Waals surface area (Å²) in [7, 11) is 3.20. The average molecular weight is 277 g/mol. The number of ether oxygens (including phenoxy) is 2. The monoisotopic (exact) mass is 277 g/mol. The van der Waals surface area contributed by atoms with E-state index >= 15 is 0 Å². The number of rotatable bonds is 5. The smallest absolute Gasteiger partial charge is 0.314 e. The number of hydrogen-bond donors (Lipinski definition) is 0. The Bertz CT molecular complexity index is 421. The van der Waals surface area contributed by atoms with Gasteiger partial charge < -0.3 is 9.47 Å². The topological polar surface area (TPSA) is 38.8 Å². The zero-order valence-corrected chi connectivity index (χ0v) is 12.2. The second-order valence-electron chi connectivity index (χ2n) is 5.25. The van der Waals surface area contributed by atoms with Gasteiger partial charge in [0.25, 0.3) is 0 Å². The van der Waals surface area contributed by atoms with Gasteiger partial charge in [0.2, 0.25) is 0 Å². The van der Waals surface area contributed by atoms with Gasteiger partial charge in [0, 0.05) is 20.2 Å². The molecular weight excluding hydrogens is 254 g/mol. The molecule has 4 heteroatoms. The van der Waals surface area contributed by atoms with Crippen LogP contribution in [0.3, 0.4) is 0 Å². The van der Waals surface area contributed by atoms with E-state index in [1.807, 2.05) is 30.3 Å². The Morgan fingerprint density at radius 3 is 2.75 bits per heavy atom. The Morgan fingerprint density at radius 2 is 2.10 bits per heavy atom. The van der Waals surface area contributed by atoms with Gasteiger partial charge in [-0.15, -0.1) is 0 Å². The molecule has 1 heterocycles. The number of benzene rings is 1. The van der Waals surface area contributed by atoms with E-state index in [-0.39, 0.29) is 18.0 Å². The fourth-order valence-electron chi connectivity index (χ4n) is 2.77. The number of methoxy groups -OCH3 is 2. The van der Waals surface area contributed by atoms with Crippen LogP contribution in [0.15, 0.2) is 30.3 Å². The van der Waals surface area contributed by atoms with Gasteiger partial charge in [0.15, 0.2) is 0 Å². The van der Waals surface area contributed by atoms with E-state index in [0.29, 0.717) is 6.54 Å². The highest BCUT2D eigenvalue weighted by atomic mass is 16.5. The number of likely N-dealkylation sites (tertiary alicyclic amines) is 1. The molecule has 0 N–H and O–H groups in total. The molecule has 0 radical (unpaired) electrons. The Morgan fingerprint density at radius 1 is 1.35 bits per heavy atom. The Kier molecular flexibility index (Phi) is 5.56. The van der Waals surface area contributed by atoms with Crippen LogP contribution in [0, 0.1) is 0 Å². The van der Waals surface area contributed by atoms with Gasteiger partial charge in [-0.25, -0.2) is 0 Å². The van der Waals surface area contributed by atoms with Gasteiger partial charge in [-0.05, 0) is 24.9 Å². The third-order valence-electron chi connectivity index (χ3n) is 3.92. The number of piperidine rings is 1. The summed E-state index contributed by atoms with van der Waals surface area (Å²) in [4.78, 5) is 14.4. The Labute approximate surface area is 120 Å². The summed E-state index contributed by atoms with van der Waals surface area (Å²) >= 11 is 0. The molecule has 0 aromatic heterocycles. The molecule has 0 aliphatic carbocycles. The van der Waals surface area contributed by atoms with Crippen LogP contribution >= 0.6 is 0 Å². The number of hydrogen-bond acceptors (Lipinski definition) is 4. The molecule has 0 spiro atoms. The minimum Gasteiger partial charge on any atom is -0.469 e. The molecule has 2 unspecified atom stereocenters. The lowest BCUT2D eigenvalue weighted by molar-refractivity contribution is -0.143. The standard InChI is InChI=1S/C16H23NO3/c1-19-14-9-6-10-17(11-14)12-15(16(18)20-2)13-7-4-3-5-8-13/h3-5,7-8,14-15H,6,9-12H2,1-2H3. The normalized spacial score (nSPS) is 21.4. The summed E-state index contributed by atoms with van der Waals surface area (Å²) in [6.07, 6.45) is 2.49. The number of carbonyl (C=O) groups is 1. The van der Waals surface area contributed by atoms with Crippen molar-refractivity contribution in [1.82, 2.24) is 4.90 Å². The zero-order valence-electron chi connectivity index (χ0n) is 12.2. The lowest BCUT2D eigenvalue weighted by Crippen LogP contribution is -2.42. The van der Waals surface area contributed by atoms with Crippen LogP contribution in [-0.2, 0) is 14.3 Å². The molecule has 1 aliphatic rings. The second-order valence-corrected chi connectivity index (χ2v) is 5.25. The number of nitrogens with zero attached hydrogens (tertiary/aromatic N) is 1. The molecule has 0 saturated carbocycles. The first kappa shape index (κ1) is 15.0. The summed E-state index contributed by atoms with van der Waals surface area (Å²) in [6, 6.07) is 9.84. The molecule has 4 nitrogen and oxygen atoms in total. The van der Waals surface area contributed by atoms with Crippen LogP contribution in [0.4, 0.5) is 0 Å². The van der Waals surface area contributed by atoms with Crippen LogP contribution in [0.2, 0.25) is 0 Å². The Hall–Kier alpha value is -1.39. The molecule has 0 bridgehead atoms. The molecule has 1 saturated heterocycles. The summed E-state index contributed by atoms with van der Waals surface area (Å²) in [6.45, 7) is 2.59. The molecule has 110 valence electrons. The molecule has 1 aromatic rings. The summed E-state index contributed by atoms with van der Waals surface area (Å²) in [5.74, 6) is -0.396. The van der Waals surface area contributed by atoms with Crippen molar-refractivity contribution in [2.75, 3.05) is 33.9 Å². The number of carbonyl (C=O) groups excluding carboxylic acids is 1. The highest BCUT2D eigenvalue weighted by molar-refractivity contribution is 5.78. The largest absolute Gasteiger partial charge is 0.469 e. The predicted octanol–water partition coefficient (Wildman–Crippen LogP) is 2.05. The van der Waals surface area contributed by atoms with Crippen molar-refractivity contribution in [2.45, 2.75) is 24.9 Å². The fourth-order valence-corrected chi connectivity index (χ4v) is 2.77. The average Bonchev–Trinajstić information content (AvgIpc) is 2.53. The van der Waals surface area contributed by atoms with Crippen molar-refractivity contribution in [2.24, 2.45) is 0 Å². The highest BCUT2D eigenvalue weighted by Crippen LogP contribution is 2.21. The van der Waals surface area contributed by atoms with Crippen LogP contribution in [0.1, 0.15) is 24.3 Å². The third kappa shape index (κ3) is 3.81. The van der Waals surface area contributed by atoms with Crippen molar-refractivity contribution in [1.29, 1.82) is 0 Å². The molecule has 1 aromatic carbocycles. The molecule has 2 rings (SSSR count). The lowest BCUT2D eigenvalue weighted by Gasteiger charge is -2.33. The van der Waals surface area contributed by atoms with E-state index in [1.165, 1.54) is 7.11 Å². The van der Waals surface area contributed by atoms with Gasteiger partial charge in [-0.2, -0.15) is 0 Å². The first-order valence-electron chi connectivity index (χ1n) is 7.12. The quantitative estimate of drug-likeness (QED) is 0.772. The van der Waals surface area contributed by atoms with Crippen LogP contribution in [-0.4, -0.2) is 50.8 Å². The van der Waals surface area contributed by atoms with Gasteiger partial charge in [0.1, 0.15) is 0 Å². The highest BCUT2D eigenvalue weighted by Gasteiger charge is 2.27. The third-order valence-corrected chi connectivity index (χ3v) is 3.92. The van der Waals surface area contributed by atoms with E-state index in [4.69, 9.17) is 9.47 Å². The minimum atomic E-state index is -0.225. The molecule has 2 atom stereocenters. The summed E-state index contributed by atoms with van der Waals surface area (Å²) < 4.78 is 10.4. The SMILES string of the molecule is COC(=O)C(CN1CCCC(OC)C1)c1ccccc1. The maximum absolute atomic E-state index is 12.1. The molecule has 20 heavy (non-hydrogen) atoms. The maximum Gasteiger partial charge on any atom is 0.314 e. The van der Waals surface area contributed by atoms with Crippen molar-refractivity contribution in [3.05, 3.63) is 35.9 Å². The van der Waals surface area contributed by atoms with Gasteiger partial charge in [-0.3, -0.25) is 9.69 Å². The maximum atomic E-state index is 12.1. The van der Waals surface area contributed by atoms with Crippen molar-refractivity contribution < 1.29 is 14.3 Å². The Balaban J connectivity index is 2.06. The van der Waals surface area contributed by atoms with Crippen molar-refractivity contribution >= 4 is 5.97 Å². The summed E-state index contributed by atoms with van der Waals surface area (Å²) in [5, 5.41) is 0. The van der Waals surface area contributed by atoms with E-state index < -0.39 is 0 Å². The van der Waals surface area contributed by atoms with E-state index in [9.17, 15) is 4.79 Å². The van der Waals surface area contributed by atoms with Gasteiger partial charge >= 0.3 is 5.97 Å². The lowest BCUT2D eigenvalue weighted by atomic mass is 9.97. The van der Waals surface area contributed by atoms with Crippen molar-refractivity contribution in [3.63, 3.8) is 0 Å². The zero-order chi connectivity index (χ0) is 14.4. The predicted molar refractivity (Wildman–Crippen MR) is 77.7 cm³/mol. The first-order valence-corrected chi connectivity index (χ1v) is 7.12. The fraction of sp³-hybridized carbons (Fsp3) is 0.562. The van der Waals surface area contributed by atoms with E-state index in [2.05, 4.69) is 4.90 Å². The first-order chi connectivity index (χ1) is 9.74. The van der Waals surface area contributed by atoms with Crippen LogP contribution in [0.5, 0.6) is 0 Å². The molecule has 1 aliphatic heterocycles. The summed E-state index contributed by atoms with van der Waals surface area (Å²) in [5.41, 5.74) is 1.01. The minimum absolute atomic E-state index is 0.171. The molecule has 0 amide bonds. The van der Waals surface area contributed by atoms with Gasteiger partial charge in [-0.1, -0.05) is 30.3 Å². The molecule has 1 fully saturated rings. The number of esters is 1. The van der Waals surface area contributed by atoms with E-state index in [0.717, 1.165) is 31.5 Å². The van der Waals surface area contributed by atoms with Gasteiger partial charge in [0.05, 0.1) is 19.1 Å².